The summed E-state index contributed by atoms with van der Waals surface area (Å²) in [4.78, 5) is 2.51. The first kappa shape index (κ1) is 10.5. The van der Waals surface area contributed by atoms with Crippen LogP contribution in [0.3, 0.4) is 0 Å². The summed E-state index contributed by atoms with van der Waals surface area (Å²) < 4.78 is 2.09. The van der Waals surface area contributed by atoms with Crippen molar-refractivity contribution < 1.29 is 0 Å². The molecule has 0 saturated carbocycles. The van der Waals surface area contributed by atoms with Gasteiger partial charge in [-0.25, -0.2) is 3.93 Å². The zero-order chi connectivity index (χ0) is 9.14. The minimum Gasteiger partial charge on any atom is -0.301 e. The molecule has 0 aromatic rings. The molecule has 2 nitrogen and oxygen atoms in total. The maximum absolute atomic E-state index is 3.43. The summed E-state index contributed by atoms with van der Waals surface area (Å²) in [5.74, 6) is 0. The van der Waals surface area contributed by atoms with Crippen LogP contribution in [0.4, 0.5) is 0 Å². The summed E-state index contributed by atoms with van der Waals surface area (Å²) in [7, 11) is 4.31. The van der Waals surface area contributed by atoms with Crippen molar-refractivity contribution in [2.45, 2.75) is 38.3 Å². The van der Waals surface area contributed by atoms with Crippen molar-refractivity contribution in [1.29, 1.82) is 0 Å². The lowest BCUT2D eigenvalue weighted by Crippen LogP contribution is -2.32. The molecule has 1 fully saturated rings. The average molecular weight is 235 g/mol. The van der Waals surface area contributed by atoms with E-state index in [1.54, 1.807) is 0 Å². The van der Waals surface area contributed by atoms with Gasteiger partial charge in [-0.05, 0) is 40.3 Å². The van der Waals surface area contributed by atoms with Crippen molar-refractivity contribution in [3.63, 3.8) is 0 Å². The Balaban J connectivity index is 2.24. The number of nitrogens with zero attached hydrogens (tertiary/aromatic N) is 2. The number of rotatable bonds is 3. The van der Waals surface area contributed by atoms with Crippen LogP contribution >= 0.6 is 16.1 Å². The molecular formula is C9H19BrN2. The fraction of sp³-hybridized carbons (Fsp3) is 1.00. The highest BCUT2D eigenvalue weighted by molar-refractivity contribution is 9.07. The van der Waals surface area contributed by atoms with Crippen molar-refractivity contribution in [2.24, 2.45) is 0 Å². The molecule has 0 aromatic carbocycles. The summed E-state index contributed by atoms with van der Waals surface area (Å²) in [6.07, 6.45) is 4.02. The lowest BCUT2D eigenvalue weighted by molar-refractivity contribution is 0.237. The molecule has 3 heteroatoms. The summed E-state index contributed by atoms with van der Waals surface area (Å²) in [6.45, 7) is 3.46. The van der Waals surface area contributed by atoms with Crippen LogP contribution in [0.1, 0.15) is 26.2 Å². The van der Waals surface area contributed by atoms with Crippen LogP contribution < -0.4 is 0 Å². The van der Waals surface area contributed by atoms with E-state index >= 15 is 0 Å². The van der Waals surface area contributed by atoms with Crippen LogP contribution in [0.25, 0.3) is 0 Å². The molecule has 2 unspecified atom stereocenters. The van der Waals surface area contributed by atoms with Crippen LogP contribution in [0.2, 0.25) is 0 Å². The monoisotopic (exact) mass is 234 g/mol. The van der Waals surface area contributed by atoms with Gasteiger partial charge in [-0.3, -0.25) is 0 Å². The molecule has 1 saturated heterocycles. The van der Waals surface area contributed by atoms with Crippen molar-refractivity contribution in [3.05, 3.63) is 0 Å². The number of likely N-dealkylation sites (tertiary alicyclic amines) is 1. The van der Waals surface area contributed by atoms with E-state index in [1.165, 1.54) is 19.3 Å². The second kappa shape index (κ2) is 4.58. The maximum atomic E-state index is 3.43. The summed E-state index contributed by atoms with van der Waals surface area (Å²) in [6, 6.07) is 1.59. The Morgan fingerprint density at radius 3 is 2.58 bits per heavy atom. The Hall–Kier alpha value is 0.400. The van der Waals surface area contributed by atoms with Crippen LogP contribution in [-0.2, 0) is 0 Å². The highest BCUT2D eigenvalue weighted by atomic mass is 79.9. The van der Waals surface area contributed by atoms with Crippen molar-refractivity contribution in [2.75, 3.05) is 20.6 Å². The molecule has 1 heterocycles. The van der Waals surface area contributed by atoms with Gasteiger partial charge in [-0.15, -0.1) is 0 Å². The molecule has 0 aliphatic carbocycles. The second-order valence-corrected chi connectivity index (χ2v) is 5.07. The van der Waals surface area contributed by atoms with Gasteiger partial charge in [0, 0.05) is 34.8 Å². The van der Waals surface area contributed by atoms with Gasteiger partial charge in [0.25, 0.3) is 0 Å². The predicted octanol–water partition coefficient (Wildman–Crippen LogP) is 2.10. The van der Waals surface area contributed by atoms with E-state index < -0.39 is 0 Å². The molecule has 0 amide bonds. The first-order valence-electron chi connectivity index (χ1n) is 4.70. The van der Waals surface area contributed by atoms with E-state index in [4.69, 9.17) is 0 Å². The van der Waals surface area contributed by atoms with Gasteiger partial charge < -0.3 is 4.90 Å². The minimum absolute atomic E-state index is 0.788. The molecule has 0 bridgehead atoms. The Morgan fingerprint density at radius 1 is 1.50 bits per heavy atom. The van der Waals surface area contributed by atoms with E-state index in [-0.39, 0.29) is 0 Å². The van der Waals surface area contributed by atoms with Gasteiger partial charge in [-0.1, -0.05) is 0 Å². The summed E-state index contributed by atoms with van der Waals surface area (Å²) in [5.41, 5.74) is 0. The summed E-state index contributed by atoms with van der Waals surface area (Å²) >= 11 is 3.43. The lowest BCUT2D eigenvalue weighted by Gasteiger charge is -2.23. The Bertz CT molecular complexity index is 138. The van der Waals surface area contributed by atoms with E-state index in [9.17, 15) is 0 Å². The fourth-order valence-corrected chi connectivity index (χ4v) is 2.08. The highest BCUT2D eigenvalue weighted by Crippen LogP contribution is 2.24. The van der Waals surface area contributed by atoms with Crippen molar-refractivity contribution >= 4 is 16.1 Å². The zero-order valence-electron chi connectivity index (χ0n) is 8.26. The molecule has 0 N–H and O–H groups in total. The molecule has 1 rings (SSSR count). The van der Waals surface area contributed by atoms with Crippen LogP contribution in [0, 0.1) is 0 Å². The van der Waals surface area contributed by atoms with Gasteiger partial charge in [0.2, 0.25) is 0 Å². The summed E-state index contributed by atoms with van der Waals surface area (Å²) in [5, 5.41) is 0. The maximum Gasteiger partial charge on any atom is 0.0117 e. The molecule has 0 aromatic heterocycles. The first-order chi connectivity index (χ1) is 5.61. The van der Waals surface area contributed by atoms with Gasteiger partial charge in [-0.2, -0.15) is 0 Å². The van der Waals surface area contributed by atoms with Gasteiger partial charge in [0.1, 0.15) is 0 Å². The van der Waals surface area contributed by atoms with Crippen LogP contribution in [-0.4, -0.2) is 41.5 Å². The van der Waals surface area contributed by atoms with E-state index in [2.05, 4.69) is 46.0 Å². The van der Waals surface area contributed by atoms with E-state index in [0.29, 0.717) is 0 Å². The van der Waals surface area contributed by atoms with Crippen molar-refractivity contribution in [3.8, 4) is 0 Å². The fourth-order valence-electron chi connectivity index (χ4n) is 1.88. The van der Waals surface area contributed by atoms with E-state index in [1.807, 2.05) is 0 Å². The number of hydrogen-bond donors (Lipinski definition) is 0. The molecule has 1 aliphatic heterocycles. The normalized spacial score (nSPS) is 31.8. The third kappa shape index (κ3) is 2.71. The smallest absolute Gasteiger partial charge is 0.0117 e. The van der Waals surface area contributed by atoms with Gasteiger partial charge in [0.05, 0.1) is 0 Å². The SMILES string of the molecule is CC1CCC(CCN(C)Br)N1C. The van der Waals surface area contributed by atoms with Gasteiger partial charge >= 0.3 is 0 Å². The molecule has 2 atom stereocenters. The third-order valence-electron chi connectivity index (χ3n) is 2.96. The Kier molecular flexibility index (Phi) is 4.00. The molecular weight excluding hydrogens is 216 g/mol. The largest absolute Gasteiger partial charge is 0.301 e. The third-order valence-corrected chi connectivity index (χ3v) is 3.31. The van der Waals surface area contributed by atoms with Crippen LogP contribution in [0.15, 0.2) is 0 Å². The topological polar surface area (TPSA) is 6.48 Å². The highest BCUT2D eigenvalue weighted by Gasteiger charge is 2.26. The second-order valence-electron chi connectivity index (χ2n) is 3.86. The molecule has 72 valence electrons. The molecule has 0 radical (unpaired) electrons. The first-order valence-corrected chi connectivity index (χ1v) is 5.41. The predicted molar refractivity (Wildman–Crippen MR) is 56.4 cm³/mol. The standard InChI is InChI=1S/C9H19BrN2/c1-8-4-5-9(12(8)3)6-7-11(2)10/h8-9H,4-7H2,1-3H3. The average Bonchev–Trinajstić information content (AvgIpc) is 2.30. The van der Waals surface area contributed by atoms with Crippen LogP contribution in [0.5, 0.6) is 0 Å². The molecule has 1 aliphatic rings. The Morgan fingerprint density at radius 2 is 2.17 bits per heavy atom. The van der Waals surface area contributed by atoms with Gasteiger partial charge in [0.15, 0.2) is 0 Å². The lowest BCUT2D eigenvalue weighted by atomic mass is 10.1. The Labute approximate surface area is 84.3 Å². The van der Waals surface area contributed by atoms with Crippen molar-refractivity contribution in [1.82, 2.24) is 8.83 Å². The number of halogens is 1. The zero-order valence-corrected chi connectivity index (χ0v) is 9.84. The quantitative estimate of drug-likeness (QED) is 0.691. The number of hydrogen-bond acceptors (Lipinski definition) is 2. The molecule has 12 heavy (non-hydrogen) atoms. The van der Waals surface area contributed by atoms with E-state index in [0.717, 1.165) is 18.6 Å². The minimum atomic E-state index is 0.788. The molecule has 0 spiro atoms.